The van der Waals surface area contributed by atoms with E-state index in [1.54, 1.807) is 6.33 Å². The molecule has 4 heteroatoms. The summed E-state index contributed by atoms with van der Waals surface area (Å²) in [5.41, 5.74) is 0. The van der Waals surface area contributed by atoms with Crippen molar-refractivity contribution in [3.8, 4) is 0 Å². The Hall–Kier alpha value is -0.900. The van der Waals surface area contributed by atoms with E-state index in [2.05, 4.69) is 17.0 Å². The van der Waals surface area contributed by atoms with Gasteiger partial charge in [0.25, 0.3) is 0 Å². The first-order chi connectivity index (χ1) is 6.31. The zero-order valence-electron chi connectivity index (χ0n) is 7.85. The third kappa shape index (κ3) is 1.58. The van der Waals surface area contributed by atoms with Gasteiger partial charge in [0.15, 0.2) is 0 Å². The molecule has 1 N–H and O–H groups in total. The van der Waals surface area contributed by atoms with Gasteiger partial charge < -0.3 is 5.11 Å². The minimum absolute atomic E-state index is 0.109. The highest BCUT2D eigenvalue weighted by Gasteiger charge is 2.29. The molecule has 1 fully saturated rings. The lowest BCUT2D eigenvalue weighted by molar-refractivity contribution is 0.0228. The molecule has 1 saturated carbocycles. The molecule has 0 aromatic carbocycles. The molecule has 0 saturated heterocycles. The summed E-state index contributed by atoms with van der Waals surface area (Å²) in [5.74, 6) is 1.42. The predicted octanol–water partition coefficient (Wildman–Crippen LogP) is 0.611. The summed E-state index contributed by atoms with van der Waals surface area (Å²) in [6, 6.07) is 0. The average Bonchev–Trinajstić information content (AvgIpc) is 2.58. The Morgan fingerprint density at radius 3 is 3.00 bits per heavy atom. The van der Waals surface area contributed by atoms with Crippen LogP contribution in [0, 0.1) is 5.92 Å². The van der Waals surface area contributed by atoms with E-state index >= 15 is 0 Å². The first-order valence-corrected chi connectivity index (χ1v) is 4.86. The van der Waals surface area contributed by atoms with Gasteiger partial charge in [-0.1, -0.05) is 0 Å². The first-order valence-electron chi connectivity index (χ1n) is 4.86. The molecule has 0 spiro atoms. The van der Waals surface area contributed by atoms with Gasteiger partial charge in [-0.2, -0.15) is 5.10 Å². The first kappa shape index (κ1) is 8.69. The lowest BCUT2D eigenvalue weighted by Gasteiger charge is -2.31. The van der Waals surface area contributed by atoms with Crippen LogP contribution in [0.25, 0.3) is 0 Å². The number of aryl methyl sites for hydroxylation is 1. The Kier molecular flexibility index (Phi) is 2.31. The van der Waals surface area contributed by atoms with Crippen molar-refractivity contribution in [2.45, 2.75) is 38.8 Å². The fourth-order valence-corrected chi connectivity index (χ4v) is 1.73. The van der Waals surface area contributed by atoms with E-state index in [4.69, 9.17) is 0 Å². The maximum atomic E-state index is 9.41. The molecule has 1 aromatic rings. The summed E-state index contributed by atoms with van der Waals surface area (Å²) in [6.45, 7) is 2.91. The van der Waals surface area contributed by atoms with Gasteiger partial charge in [0, 0.05) is 13.0 Å². The Labute approximate surface area is 77.6 Å². The highest BCUT2D eigenvalue weighted by molar-refractivity contribution is 4.92. The Morgan fingerprint density at radius 2 is 2.46 bits per heavy atom. The summed E-state index contributed by atoms with van der Waals surface area (Å²) in [7, 11) is 0. The summed E-state index contributed by atoms with van der Waals surface area (Å²) in [4.78, 5) is 4.18. The molecule has 1 aromatic heterocycles. The van der Waals surface area contributed by atoms with Crippen molar-refractivity contribution in [1.29, 1.82) is 0 Å². The zero-order valence-corrected chi connectivity index (χ0v) is 7.85. The maximum absolute atomic E-state index is 9.41. The summed E-state index contributed by atoms with van der Waals surface area (Å²) >= 11 is 0. The van der Waals surface area contributed by atoms with Crippen molar-refractivity contribution in [1.82, 2.24) is 14.8 Å². The SMILES string of the molecule is CCn1ncnc1CC1CCC1O. The van der Waals surface area contributed by atoms with E-state index in [0.717, 1.165) is 31.6 Å². The molecule has 2 atom stereocenters. The van der Waals surface area contributed by atoms with Gasteiger partial charge in [0.2, 0.25) is 0 Å². The predicted molar refractivity (Wildman–Crippen MR) is 48.1 cm³/mol. The maximum Gasteiger partial charge on any atom is 0.138 e. The molecular weight excluding hydrogens is 166 g/mol. The Morgan fingerprint density at radius 1 is 1.62 bits per heavy atom. The van der Waals surface area contributed by atoms with Crippen molar-refractivity contribution < 1.29 is 5.11 Å². The fourth-order valence-electron chi connectivity index (χ4n) is 1.73. The summed E-state index contributed by atoms with van der Waals surface area (Å²) in [5, 5.41) is 13.5. The molecule has 0 radical (unpaired) electrons. The highest BCUT2D eigenvalue weighted by atomic mass is 16.3. The van der Waals surface area contributed by atoms with Crippen molar-refractivity contribution in [2.24, 2.45) is 5.92 Å². The van der Waals surface area contributed by atoms with Crippen molar-refractivity contribution in [2.75, 3.05) is 0 Å². The van der Waals surface area contributed by atoms with E-state index in [1.807, 2.05) is 4.68 Å². The quantitative estimate of drug-likeness (QED) is 0.743. The van der Waals surface area contributed by atoms with Gasteiger partial charge in [0.05, 0.1) is 6.10 Å². The molecule has 0 bridgehead atoms. The van der Waals surface area contributed by atoms with Gasteiger partial charge in [-0.05, 0) is 25.7 Å². The average molecular weight is 181 g/mol. The Balaban J connectivity index is 2.00. The largest absolute Gasteiger partial charge is 0.393 e. The van der Waals surface area contributed by atoms with Crippen molar-refractivity contribution >= 4 is 0 Å². The number of rotatable bonds is 3. The van der Waals surface area contributed by atoms with E-state index in [1.165, 1.54) is 0 Å². The van der Waals surface area contributed by atoms with Crippen LogP contribution in [0.2, 0.25) is 0 Å². The Bertz CT molecular complexity index is 284. The summed E-state index contributed by atoms with van der Waals surface area (Å²) < 4.78 is 1.89. The molecule has 0 amide bonds. The van der Waals surface area contributed by atoms with Gasteiger partial charge in [-0.25, -0.2) is 4.98 Å². The van der Waals surface area contributed by atoms with Crippen LogP contribution >= 0.6 is 0 Å². The number of aliphatic hydroxyl groups excluding tert-OH is 1. The zero-order chi connectivity index (χ0) is 9.26. The molecule has 2 rings (SSSR count). The van der Waals surface area contributed by atoms with E-state index in [-0.39, 0.29) is 6.10 Å². The standard InChI is InChI=1S/C9H15N3O/c1-2-12-9(10-6-11-12)5-7-3-4-8(7)13/h6-8,13H,2-5H2,1H3. The molecule has 4 nitrogen and oxygen atoms in total. The molecule has 13 heavy (non-hydrogen) atoms. The number of hydrogen-bond acceptors (Lipinski definition) is 3. The highest BCUT2D eigenvalue weighted by Crippen LogP contribution is 2.29. The molecular formula is C9H15N3O. The number of hydrogen-bond donors (Lipinski definition) is 1. The number of nitrogens with zero attached hydrogens (tertiary/aromatic N) is 3. The van der Waals surface area contributed by atoms with Gasteiger partial charge in [-0.15, -0.1) is 0 Å². The van der Waals surface area contributed by atoms with Crippen molar-refractivity contribution in [3.63, 3.8) is 0 Å². The fraction of sp³-hybridized carbons (Fsp3) is 0.778. The van der Waals surface area contributed by atoms with Crippen LogP contribution in [-0.4, -0.2) is 26.0 Å². The molecule has 72 valence electrons. The minimum Gasteiger partial charge on any atom is -0.393 e. The normalized spacial score (nSPS) is 27.2. The van der Waals surface area contributed by atoms with Gasteiger partial charge in [-0.3, -0.25) is 4.68 Å². The smallest absolute Gasteiger partial charge is 0.138 e. The number of aromatic nitrogens is 3. The molecule has 2 unspecified atom stereocenters. The van der Waals surface area contributed by atoms with Crippen LogP contribution in [0.4, 0.5) is 0 Å². The molecule has 0 aliphatic heterocycles. The second kappa shape index (κ2) is 3.46. The minimum atomic E-state index is -0.109. The summed E-state index contributed by atoms with van der Waals surface area (Å²) in [6.07, 6.45) is 4.42. The van der Waals surface area contributed by atoms with E-state index in [0.29, 0.717) is 5.92 Å². The topological polar surface area (TPSA) is 50.9 Å². The third-order valence-electron chi connectivity index (χ3n) is 2.82. The second-order valence-electron chi connectivity index (χ2n) is 3.60. The van der Waals surface area contributed by atoms with Crippen LogP contribution in [0.15, 0.2) is 6.33 Å². The number of aliphatic hydroxyl groups is 1. The van der Waals surface area contributed by atoms with E-state index < -0.39 is 0 Å². The molecule has 1 aliphatic carbocycles. The van der Waals surface area contributed by atoms with Gasteiger partial charge in [0.1, 0.15) is 12.2 Å². The van der Waals surface area contributed by atoms with Crippen LogP contribution in [-0.2, 0) is 13.0 Å². The molecule has 1 aliphatic rings. The van der Waals surface area contributed by atoms with Crippen LogP contribution < -0.4 is 0 Å². The van der Waals surface area contributed by atoms with Crippen molar-refractivity contribution in [3.05, 3.63) is 12.2 Å². The lowest BCUT2D eigenvalue weighted by atomic mass is 9.79. The van der Waals surface area contributed by atoms with Crippen LogP contribution in [0.1, 0.15) is 25.6 Å². The second-order valence-corrected chi connectivity index (χ2v) is 3.60. The molecule has 1 heterocycles. The van der Waals surface area contributed by atoms with E-state index in [9.17, 15) is 5.11 Å². The van der Waals surface area contributed by atoms with Crippen LogP contribution in [0.3, 0.4) is 0 Å². The third-order valence-corrected chi connectivity index (χ3v) is 2.82. The van der Waals surface area contributed by atoms with Crippen LogP contribution in [0.5, 0.6) is 0 Å². The monoisotopic (exact) mass is 181 g/mol. The lowest BCUT2D eigenvalue weighted by Crippen LogP contribution is -2.33. The van der Waals surface area contributed by atoms with Gasteiger partial charge >= 0.3 is 0 Å².